The van der Waals surface area contributed by atoms with E-state index < -0.39 is 17.7 Å². The van der Waals surface area contributed by atoms with Gasteiger partial charge < -0.3 is 15.2 Å². The summed E-state index contributed by atoms with van der Waals surface area (Å²) in [4.78, 5) is 26.6. The van der Waals surface area contributed by atoms with Crippen molar-refractivity contribution >= 4 is 12.1 Å². The van der Waals surface area contributed by atoms with Crippen LogP contribution in [-0.2, 0) is 11.3 Å². The summed E-state index contributed by atoms with van der Waals surface area (Å²) in [7, 11) is 0. The molecule has 8 heteroatoms. The Labute approximate surface area is 152 Å². The van der Waals surface area contributed by atoms with Crippen LogP contribution in [0.15, 0.2) is 24.7 Å². The van der Waals surface area contributed by atoms with E-state index in [2.05, 4.69) is 15.4 Å². The van der Waals surface area contributed by atoms with E-state index in [1.807, 2.05) is 27.0 Å². The monoisotopic (exact) mass is 360 g/mol. The number of aromatic nitrogens is 3. The fourth-order valence-electron chi connectivity index (χ4n) is 2.34. The third kappa shape index (κ3) is 5.58. The molecular formula is C18H24N4O4. The van der Waals surface area contributed by atoms with Crippen LogP contribution >= 0.6 is 0 Å². The summed E-state index contributed by atoms with van der Waals surface area (Å²) in [6, 6.07) is 1.78. The van der Waals surface area contributed by atoms with Gasteiger partial charge in [-0.2, -0.15) is 5.10 Å². The number of amides is 1. The number of carbonyl (C=O) groups is 2. The number of nitrogens with one attached hydrogen (secondary N) is 1. The molecule has 2 aromatic heterocycles. The number of rotatable bonds is 6. The van der Waals surface area contributed by atoms with Crippen LogP contribution < -0.4 is 5.32 Å². The van der Waals surface area contributed by atoms with E-state index in [0.717, 1.165) is 11.1 Å². The lowest BCUT2D eigenvalue weighted by Gasteiger charge is -2.19. The van der Waals surface area contributed by atoms with E-state index in [9.17, 15) is 9.59 Å². The zero-order chi connectivity index (χ0) is 19.3. The fraction of sp³-hybridized carbons (Fsp3) is 0.444. The Hall–Kier alpha value is -2.90. The van der Waals surface area contributed by atoms with Gasteiger partial charge in [-0.15, -0.1) is 0 Å². The third-order valence-corrected chi connectivity index (χ3v) is 3.48. The third-order valence-electron chi connectivity index (χ3n) is 3.48. The number of aromatic carboxylic acids is 1. The van der Waals surface area contributed by atoms with Gasteiger partial charge in [0.15, 0.2) is 5.69 Å². The number of nitrogens with zero attached hydrogens (tertiary/aromatic N) is 3. The molecule has 2 heterocycles. The van der Waals surface area contributed by atoms with Crippen molar-refractivity contribution in [2.75, 3.05) is 6.54 Å². The van der Waals surface area contributed by atoms with Gasteiger partial charge in [-0.25, -0.2) is 14.6 Å². The normalized spacial score (nSPS) is 11.2. The van der Waals surface area contributed by atoms with Crippen LogP contribution in [0.4, 0.5) is 4.79 Å². The predicted molar refractivity (Wildman–Crippen MR) is 96.0 cm³/mol. The molecule has 26 heavy (non-hydrogen) atoms. The lowest BCUT2D eigenvalue weighted by molar-refractivity contribution is 0.0526. The van der Waals surface area contributed by atoms with Crippen LogP contribution in [0.1, 0.15) is 43.2 Å². The van der Waals surface area contributed by atoms with Crippen LogP contribution in [0.25, 0.3) is 11.1 Å². The Kier molecular flexibility index (Phi) is 5.97. The van der Waals surface area contributed by atoms with E-state index >= 15 is 0 Å². The number of carboxylic acid groups (broad SMARTS) is 1. The SMILES string of the molecule is Cc1cc(-c2cnn(CCCNC(=O)OC(C)(C)C)c2)cnc1C(=O)O. The molecule has 0 fully saturated rings. The Morgan fingerprint density at radius 3 is 2.62 bits per heavy atom. The number of ether oxygens (including phenoxy) is 1. The second-order valence-corrected chi connectivity index (χ2v) is 6.97. The van der Waals surface area contributed by atoms with E-state index in [0.29, 0.717) is 25.1 Å². The molecule has 0 aliphatic rings. The maximum Gasteiger partial charge on any atom is 0.407 e. The number of hydrogen-bond donors (Lipinski definition) is 2. The fourth-order valence-corrected chi connectivity index (χ4v) is 2.34. The number of carboxylic acids is 1. The lowest BCUT2D eigenvalue weighted by atomic mass is 10.1. The first kappa shape index (κ1) is 19.4. The highest BCUT2D eigenvalue weighted by Crippen LogP contribution is 2.20. The van der Waals surface area contributed by atoms with Gasteiger partial charge in [0, 0.05) is 36.6 Å². The van der Waals surface area contributed by atoms with Crippen molar-refractivity contribution in [1.29, 1.82) is 0 Å². The summed E-state index contributed by atoms with van der Waals surface area (Å²) in [5, 5.41) is 16.0. The average Bonchev–Trinajstić information content (AvgIpc) is 2.98. The molecule has 0 bridgehead atoms. The Bertz CT molecular complexity index is 793. The van der Waals surface area contributed by atoms with Crippen LogP contribution in [0.3, 0.4) is 0 Å². The predicted octanol–water partition coefficient (Wildman–Crippen LogP) is 2.87. The van der Waals surface area contributed by atoms with Crippen LogP contribution in [-0.4, -0.2) is 44.1 Å². The minimum Gasteiger partial charge on any atom is -0.477 e. The molecule has 0 saturated carbocycles. The molecule has 140 valence electrons. The van der Waals surface area contributed by atoms with Gasteiger partial charge in [-0.05, 0) is 45.7 Å². The molecule has 2 aromatic rings. The maximum absolute atomic E-state index is 11.6. The van der Waals surface area contributed by atoms with Crippen LogP contribution in [0.2, 0.25) is 0 Å². The number of carbonyl (C=O) groups excluding carboxylic acids is 1. The van der Waals surface area contributed by atoms with Crippen LogP contribution in [0.5, 0.6) is 0 Å². The topological polar surface area (TPSA) is 106 Å². The number of hydrogen-bond acceptors (Lipinski definition) is 5. The van der Waals surface area contributed by atoms with Gasteiger partial charge >= 0.3 is 12.1 Å². The van der Waals surface area contributed by atoms with E-state index in [-0.39, 0.29) is 5.69 Å². The highest BCUT2D eigenvalue weighted by molar-refractivity contribution is 5.87. The molecular weight excluding hydrogens is 336 g/mol. The smallest absolute Gasteiger partial charge is 0.407 e. The summed E-state index contributed by atoms with van der Waals surface area (Å²) < 4.78 is 6.94. The zero-order valence-electron chi connectivity index (χ0n) is 15.4. The molecule has 8 nitrogen and oxygen atoms in total. The molecule has 1 amide bonds. The van der Waals surface area contributed by atoms with Gasteiger partial charge in [0.25, 0.3) is 0 Å². The first-order chi connectivity index (χ1) is 12.2. The minimum absolute atomic E-state index is 0.0503. The molecule has 0 radical (unpaired) electrons. The number of pyridine rings is 1. The average molecular weight is 360 g/mol. The first-order valence-electron chi connectivity index (χ1n) is 8.35. The van der Waals surface area contributed by atoms with Crippen molar-refractivity contribution < 1.29 is 19.4 Å². The second-order valence-electron chi connectivity index (χ2n) is 6.97. The largest absolute Gasteiger partial charge is 0.477 e. The van der Waals surface area contributed by atoms with Crippen molar-refractivity contribution in [3.63, 3.8) is 0 Å². The Morgan fingerprint density at radius 1 is 1.27 bits per heavy atom. The number of alkyl carbamates (subject to hydrolysis) is 1. The van der Waals surface area contributed by atoms with Crippen molar-refractivity contribution in [3.05, 3.63) is 35.9 Å². The molecule has 2 rings (SSSR count). The highest BCUT2D eigenvalue weighted by atomic mass is 16.6. The van der Waals surface area contributed by atoms with Crippen molar-refractivity contribution in [3.8, 4) is 11.1 Å². The second kappa shape index (κ2) is 7.99. The molecule has 0 saturated heterocycles. The first-order valence-corrected chi connectivity index (χ1v) is 8.35. The van der Waals surface area contributed by atoms with Gasteiger partial charge in [-0.3, -0.25) is 4.68 Å². The lowest BCUT2D eigenvalue weighted by Crippen LogP contribution is -2.33. The quantitative estimate of drug-likeness (QED) is 0.767. The summed E-state index contributed by atoms with van der Waals surface area (Å²) in [6.07, 6.45) is 5.37. The Balaban J connectivity index is 1.87. The van der Waals surface area contributed by atoms with Gasteiger partial charge in [0.2, 0.25) is 0 Å². The summed E-state index contributed by atoms with van der Waals surface area (Å²) in [6.45, 7) is 8.28. The molecule has 0 aliphatic carbocycles. The van der Waals surface area contributed by atoms with E-state index in [4.69, 9.17) is 9.84 Å². The van der Waals surface area contributed by atoms with Crippen molar-refractivity contribution in [1.82, 2.24) is 20.1 Å². The maximum atomic E-state index is 11.6. The van der Waals surface area contributed by atoms with Gasteiger partial charge in [-0.1, -0.05) is 0 Å². The summed E-state index contributed by atoms with van der Waals surface area (Å²) >= 11 is 0. The molecule has 0 unspecified atom stereocenters. The molecule has 2 N–H and O–H groups in total. The highest BCUT2D eigenvalue weighted by Gasteiger charge is 2.15. The molecule has 0 atom stereocenters. The van der Waals surface area contributed by atoms with Crippen molar-refractivity contribution in [2.24, 2.45) is 0 Å². The van der Waals surface area contributed by atoms with Gasteiger partial charge in [0.1, 0.15) is 5.60 Å². The van der Waals surface area contributed by atoms with Gasteiger partial charge in [0.05, 0.1) is 6.20 Å². The van der Waals surface area contributed by atoms with Crippen molar-refractivity contribution in [2.45, 2.75) is 46.3 Å². The zero-order valence-corrected chi connectivity index (χ0v) is 15.4. The summed E-state index contributed by atoms with van der Waals surface area (Å²) in [5.74, 6) is -1.04. The molecule has 0 aliphatic heterocycles. The minimum atomic E-state index is -1.04. The molecule has 0 spiro atoms. The Morgan fingerprint density at radius 2 is 2.00 bits per heavy atom. The number of aryl methyl sites for hydroxylation is 2. The van der Waals surface area contributed by atoms with E-state index in [1.54, 1.807) is 23.9 Å². The van der Waals surface area contributed by atoms with E-state index in [1.165, 1.54) is 6.20 Å². The standard InChI is InChI=1S/C18H24N4O4/c1-12-8-13(9-20-15(12)16(23)24)14-10-21-22(11-14)7-5-6-19-17(25)26-18(2,3)4/h8-11H,5-7H2,1-4H3,(H,19,25)(H,23,24). The molecule has 0 aromatic carbocycles. The summed E-state index contributed by atoms with van der Waals surface area (Å²) in [5.41, 5.74) is 1.81. The van der Waals surface area contributed by atoms with Crippen LogP contribution in [0, 0.1) is 6.92 Å².